The third-order valence-corrected chi connectivity index (χ3v) is 4.06. The zero-order chi connectivity index (χ0) is 15.5. The molecule has 6 nitrogen and oxygen atoms in total. The van der Waals surface area contributed by atoms with Crippen LogP contribution in [0.4, 0.5) is 5.69 Å². The highest BCUT2D eigenvalue weighted by Gasteiger charge is 2.20. The number of aromatic nitrogens is 2. The zero-order valence-electron chi connectivity index (χ0n) is 12.7. The Labute approximate surface area is 129 Å². The number of aryl methyl sites for hydroxylation is 1. The topological polar surface area (TPSA) is 76.4 Å². The number of hydrogen-bond acceptors (Lipinski definition) is 4. The quantitative estimate of drug-likeness (QED) is 0.888. The van der Waals surface area contributed by atoms with Crippen LogP contribution in [0.2, 0.25) is 0 Å². The molecular formula is C16H21N3O3. The molecule has 2 aromatic rings. The predicted molar refractivity (Wildman–Crippen MR) is 84.4 cm³/mol. The lowest BCUT2D eigenvalue weighted by atomic mass is 10.0. The molecule has 3 rings (SSSR count). The minimum Gasteiger partial charge on any atom is -0.478 e. The van der Waals surface area contributed by atoms with Crippen LogP contribution in [0.25, 0.3) is 10.9 Å². The van der Waals surface area contributed by atoms with Crippen molar-refractivity contribution >= 4 is 22.6 Å². The van der Waals surface area contributed by atoms with Crippen molar-refractivity contribution in [3.05, 3.63) is 23.9 Å². The molecule has 6 heteroatoms. The van der Waals surface area contributed by atoms with Gasteiger partial charge in [-0.25, -0.2) is 4.79 Å². The predicted octanol–water partition coefficient (Wildman–Crippen LogP) is 2.74. The summed E-state index contributed by atoms with van der Waals surface area (Å²) in [7, 11) is 0. The molecule has 0 atom stereocenters. The molecule has 118 valence electrons. The van der Waals surface area contributed by atoms with Crippen molar-refractivity contribution in [2.24, 2.45) is 0 Å². The van der Waals surface area contributed by atoms with Gasteiger partial charge in [0.25, 0.3) is 0 Å². The molecule has 1 aliphatic rings. The second kappa shape index (κ2) is 6.36. The van der Waals surface area contributed by atoms with E-state index in [0.717, 1.165) is 36.7 Å². The van der Waals surface area contributed by atoms with Gasteiger partial charge in [-0.2, -0.15) is 5.10 Å². The second-order valence-corrected chi connectivity index (χ2v) is 5.62. The number of hydrogen-bond donors (Lipinski definition) is 2. The normalized spacial score (nSPS) is 16.0. The van der Waals surface area contributed by atoms with Crippen LogP contribution in [-0.2, 0) is 11.3 Å². The number of carbonyl (C=O) groups is 1. The number of carboxylic acid groups (broad SMARTS) is 1. The SMILES string of the molecule is CCCn1ncc2c(NC3CCOCC3)c(C(=O)O)ccc21. The van der Waals surface area contributed by atoms with Gasteiger partial charge in [-0.1, -0.05) is 6.92 Å². The summed E-state index contributed by atoms with van der Waals surface area (Å²) in [5, 5.41) is 18.2. The van der Waals surface area contributed by atoms with Crippen molar-refractivity contribution in [3.8, 4) is 0 Å². The molecule has 1 aromatic carbocycles. The molecule has 0 bridgehead atoms. The Kier molecular flexibility index (Phi) is 4.29. The lowest BCUT2D eigenvalue weighted by molar-refractivity contribution is 0.0698. The fraction of sp³-hybridized carbons (Fsp3) is 0.500. The van der Waals surface area contributed by atoms with Crippen molar-refractivity contribution in [2.75, 3.05) is 18.5 Å². The lowest BCUT2D eigenvalue weighted by Gasteiger charge is -2.25. The Morgan fingerprint density at radius 3 is 2.91 bits per heavy atom. The summed E-state index contributed by atoms with van der Waals surface area (Å²) < 4.78 is 7.29. The fourth-order valence-corrected chi connectivity index (χ4v) is 2.92. The monoisotopic (exact) mass is 303 g/mol. The van der Waals surface area contributed by atoms with Crippen LogP contribution in [0.1, 0.15) is 36.5 Å². The van der Waals surface area contributed by atoms with Gasteiger partial charge in [-0.05, 0) is 31.4 Å². The van der Waals surface area contributed by atoms with E-state index in [1.807, 2.05) is 10.7 Å². The number of ether oxygens (including phenoxy) is 1. The third-order valence-electron chi connectivity index (χ3n) is 4.06. The number of anilines is 1. The van der Waals surface area contributed by atoms with Crippen LogP contribution in [0.15, 0.2) is 18.3 Å². The van der Waals surface area contributed by atoms with Crippen molar-refractivity contribution in [1.29, 1.82) is 0 Å². The summed E-state index contributed by atoms with van der Waals surface area (Å²) in [6, 6.07) is 3.75. The molecular weight excluding hydrogens is 282 g/mol. The van der Waals surface area contributed by atoms with E-state index < -0.39 is 5.97 Å². The van der Waals surface area contributed by atoms with Crippen molar-refractivity contribution in [1.82, 2.24) is 9.78 Å². The van der Waals surface area contributed by atoms with Gasteiger partial charge in [0.15, 0.2) is 0 Å². The summed E-state index contributed by atoms with van der Waals surface area (Å²) in [6.45, 7) is 4.35. The number of benzene rings is 1. The maximum Gasteiger partial charge on any atom is 0.337 e. The Morgan fingerprint density at radius 1 is 1.45 bits per heavy atom. The van der Waals surface area contributed by atoms with E-state index in [0.29, 0.717) is 24.5 Å². The van der Waals surface area contributed by atoms with Gasteiger partial charge in [-0.3, -0.25) is 4.68 Å². The van der Waals surface area contributed by atoms with E-state index in [-0.39, 0.29) is 6.04 Å². The molecule has 1 aliphatic heterocycles. The number of fused-ring (bicyclic) bond motifs is 1. The van der Waals surface area contributed by atoms with Gasteiger partial charge in [0.1, 0.15) is 0 Å². The van der Waals surface area contributed by atoms with E-state index >= 15 is 0 Å². The first-order valence-electron chi connectivity index (χ1n) is 7.76. The van der Waals surface area contributed by atoms with Crippen LogP contribution in [0.3, 0.4) is 0 Å². The van der Waals surface area contributed by atoms with Crippen LogP contribution in [0, 0.1) is 0 Å². The van der Waals surface area contributed by atoms with Crippen LogP contribution >= 0.6 is 0 Å². The van der Waals surface area contributed by atoms with Crippen LogP contribution in [0.5, 0.6) is 0 Å². The molecule has 1 aromatic heterocycles. The highest BCUT2D eigenvalue weighted by molar-refractivity contribution is 6.05. The minimum absolute atomic E-state index is 0.243. The van der Waals surface area contributed by atoms with Crippen molar-refractivity contribution in [3.63, 3.8) is 0 Å². The molecule has 0 saturated carbocycles. The maximum absolute atomic E-state index is 11.5. The summed E-state index contributed by atoms with van der Waals surface area (Å²) in [5.74, 6) is -0.917. The zero-order valence-corrected chi connectivity index (χ0v) is 12.7. The fourth-order valence-electron chi connectivity index (χ4n) is 2.92. The van der Waals surface area contributed by atoms with Gasteiger partial charge in [0.05, 0.1) is 23.0 Å². The molecule has 0 spiro atoms. The maximum atomic E-state index is 11.5. The Bertz CT molecular complexity index is 675. The van der Waals surface area contributed by atoms with E-state index in [9.17, 15) is 9.90 Å². The molecule has 1 saturated heterocycles. The average Bonchev–Trinajstić information content (AvgIpc) is 2.92. The Hall–Kier alpha value is -2.08. The molecule has 2 heterocycles. The van der Waals surface area contributed by atoms with E-state index in [1.54, 1.807) is 12.3 Å². The largest absolute Gasteiger partial charge is 0.478 e. The molecule has 0 radical (unpaired) electrons. The molecule has 0 unspecified atom stereocenters. The van der Waals surface area contributed by atoms with Gasteiger partial charge >= 0.3 is 5.97 Å². The van der Waals surface area contributed by atoms with E-state index in [4.69, 9.17) is 4.74 Å². The first-order chi connectivity index (χ1) is 10.7. The first kappa shape index (κ1) is 14.8. The minimum atomic E-state index is -0.917. The number of rotatable bonds is 5. The first-order valence-corrected chi connectivity index (χ1v) is 7.76. The van der Waals surface area contributed by atoms with Gasteiger partial charge in [0, 0.05) is 31.2 Å². The number of aromatic carboxylic acids is 1. The highest BCUT2D eigenvalue weighted by atomic mass is 16.5. The Morgan fingerprint density at radius 2 is 2.23 bits per heavy atom. The number of nitrogens with zero attached hydrogens (tertiary/aromatic N) is 2. The van der Waals surface area contributed by atoms with Crippen molar-refractivity contribution in [2.45, 2.75) is 38.8 Å². The molecule has 0 aliphatic carbocycles. The Balaban J connectivity index is 2.02. The second-order valence-electron chi connectivity index (χ2n) is 5.62. The van der Waals surface area contributed by atoms with Crippen molar-refractivity contribution < 1.29 is 14.6 Å². The molecule has 22 heavy (non-hydrogen) atoms. The van der Waals surface area contributed by atoms with E-state index in [1.165, 1.54) is 0 Å². The number of nitrogens with one attached hydrogen (secondary N) is 1. The molecule has 2 N–H and O–H groups in total. The summed E-state index contributed by atoms with van der Waals surface area (Å²) in [6.07, 6.45) is 4.52. The van der Waals surface area contributed by atoms with Crippen LogP contribution in [-0.4, -0.2) is 40.1 Å². The average molecular weight is 303 g/mol. The summed E-state index contributed by atoms with van der Waals surface area (Å²) in [5.41, 5.74) is 1.95. The molecule has 0 amide bonds. The standard InChI is InChI=1S/C16H21N3O3/c1-2-7-19-14-4-3-12(16(20)21)15(13(14)10-17-19)18-11-5-8-22-9-6-11/h3-4,10-11,18H,2,5-9H2,1H3,(H,20,21). The van der Waals surface area contributed by atoms with Gasteiger partial charge < -0.3 is 15.2 Å². The highest BCUT2D eigenvalue weighted by Crippen LogP contribution is 2.29. The van der Waals surface area contributed by atoms with E-state index in [2.05, 4.69) is 17.3 Å². The lowest BCUT2D eigenvalue weighted by Crippen LogP contribution is -2.28. The summed E-state index contributed by atoms with van der Waals surface area (Å²) >= 11 is 0. The van der Waals surface area contributed by atoms with Crippen LogP contribution < -0.4 is 5.32 Å². The molecule has 1 fully saturated rings. The smallest absolute Gasteiger partial charge is 0.337 e. The third kappa shape index (κ3) is 2.78. The number of carboxylic acids is 1. The van der Waals surface area contributed by atoms with Gasteiger partial charge in [0.2, 0.25) is 0 Å². The summed E-state index contributed by atoms with van der Waals surface area (Å²) in [4.78, 5) is 11.5. The van der Waals surface area contributed by atoms with Gasteiger partial charge in [-0.15, -0.1) is 0 Å².